The van der Waals surface area contributed by atoms with Crippen LogP contribution in [0.25, 0.3) is 0 Å². The van der Waals surface area contributed by atoms with E-state index in [0.29, 0.717) is 41.0 Å². The third-order valence-corrected chi connectivity index (χ3v) is 13.4. The van der Waals surface area contributed by atoms with E-state index in [4.69, 9.17) is 0 Å². The zero-order chi connectivity index (χ0) is 39.2. The Balaban J connectivity index is 0.774. The fourth-order valence-electron chi connectivity index (χ4n) is 10.4. The quantitative estimate of drug-likeness (QED) is 0.144. The van der Waals surface area contributed by atoms with Gasteiger partial charge in [0.2, 0.25) is 5.91 Å². The van der Waals surface area contributed by atoms with Gasteiger partial charge < -0.3 is 25.0 Å². The molecular weight excluding hydrogens is 715 g/mol. The van der Waals surface area contributed by atoms with Gasteiger partial charge in [-0.2, -0.15) is 0 Å². The molecule has 0 aromatic heterocycles. The number of amides is 3. The summed E-state index contributed by atoms with van der Waals surface area (Å²) in [6.45, 7) is 6.88. The van der Waals surface area contributed by atoms with Crippen LogP contribution in [0.15, 0.2) is 84.9 Å². The molecule has 0 bridgehead atoms. The van der Waals surface area contributed by atoms with Crippen molar-refractivity contribution in [1.82, 2.24) is 20.0 Å². The highest BCUT2D eigenvalue weighted by molar-refractivity contribution is 6.23. The molecule has 294 valence electrons. The van der Waals surface area contributed by atoms with Crippen LogP contribution in [0, 0.1) is 5.92 Å². The number of aromatic hydroxyl groups is 1. The van der Waals surface area contributed by atoms with Gasteiger partial charge in [0.05, 0.1) is 11.1 Å². The number of rotatable bonds is 11. The minimum atomic E-state index is -1.00. The second-order valence-electron chi connectivity index (χ2n) is 16.7. The summed E-state index contributed by atoms with van der Waals surface area (Å²) in [6, 6.07) is 29.2. The number of fused-ring (bicyclic) bond motifs is 3. The van der Waals surface area contributed by atoms with Gasteiger partial charge in [0.25, 0.3) is 11.8 Å². The van der Waals surface area contributed by atoms with Crippen molar-refractivity contribution >= 4 is 29.7 Å². The molecule has 0 saturated carbocycles. The van der Waals surface area contributed by atoms with Gasteiger partial charge in [-0.05, 0) is 121 Å². The first-order chi connectivity index (χ1) is 27.8. The van der Waals surface area contributed by atoms with Crippen molar-refractivity contribution in [3.63, 3.8) is 0 Å². The number of nitrogens with one attached hydrogen (secondary N) is 1. The fourth-order valence-corrected chi connectivity index (χ4v) is 10.4. The molecule has 4 heterocycles. The molecule has 3 amide bonds. The SMILES string of the molecule is CNC(=O)C(CCC=O)N1C(=O)c2cc3c(cc2C1=O)CN(C1CCN(CC2CN(c4ccc(C5c6ccc(O)cc6CCC5c5ccccc5)cc4)C2)CC1)C3. The van der Waals surface area contributed by atoms with Crippen LogP contribution in [0.3, 0.4) is 0 Å². The highest BCUT2D eigenvalue weighted by atomic mass is 16.3. The lowest BCUT2D eigenvalue weighted by atomic mass is 9.69. The summed E-state index contributed by atoms with van der Waals surface area (Å²) in [6.07, 6.45) is 5.12. The molecule has 10 nitrogen and oxygen atoms in total. The molecular formula is C47H51N5O5. The number of anilines is 1. The Labute approximate surface area is 334 Å². The number of piperidine rings is 1. The standard InChI is InChI=1S/C47H51N5O5/c1-48-45(55)43(8-5-21-53)52-46(56)41-23-34-28-51(29-35(34)24-42(41)47(52)57)37-17-19-49(20-18-37)25-30-26-50(27-30)36-12-9-32(10-13-36)44-39(31-6-3-2-4-7-31)15-11-33-22-38(54)14-16-40(33)44/h2-4,6-7,9-10,12-14,16,21-24,30,37,39,43-44,54H,5,8,11,15,17-20,25-29H2,1H3,(H,48,55). The Hall–Kier alpha value is -5.32. The van der Waals surface area contributed by atoms with E-state index < -0.39 is 23.8 Å². The van der Waals surface area contributed by atoms with Crippen molar-refractivity contribution in [2.24, 2.45) is 5.92 Å². The summed E-state index contributed by atoms with van der Waals surface area (Å²) >= 11 is 0. The Morgan fingerprint density at radius 3 is 2.18 bits per heavy atom. The lowest BCUT2D eigenvalue weighted by Crippen LogP contribution is -2.53. The van der Waals surface area contributed by atoms with Gasteiger partial charge >= 0.3 is 0 Å². The molecule has 57 heavy (non-hydrogen) atoms. The second-order valence-corrected chi connectivity index (χ2v) is 16.7. The second kappa shape index (κ2) is 15.6. The average molecular weight is 766 g/mol. The molecule has 0 spiro atoms. The van der Waals surface area contributed by atoms with E-state index in [0.717, 1.165) is 87.5 Å². The number of nitrogens with zero attached hydrogens (tertiary/aromatic N) is 4. The number of hydrogen-bond acceptors (Lipinski definition) is 8. The predicted molar refractivity (Wildman–Crippen MR) is 218 cm³/mol. The number of phenolic OH excluding ortho intramolecular Hbond substituents is 1. The minimum Gasteiger partial charge on any atom is -0.508 e. The third-order valence-electron chi connectivity index (χ3n) is 13.4. The molecule has 2 fully saturated rings. The van der Waals surface area contributed by atoms with Crippen LogP contribution < -0.4 is 10.2 Å². The van der Waals surface area contributed by atoms with E-state index in [1.165, 1.54) is 35.0 Å². The van der Waals surface area contributed by atoms with Crippen molar-refractivity contribution in [2.45, 2.75) is 75.5 Å². The van der Waals surface area contributed by atoms with E-state index >= 15 is 0 Å². The summed E-state index contributed by atoms with van der Waals surface area (Å²) < 4.78 is 0. The van der Waals surface area contributed by atoms with Gasteiger partial charge in [-0.3, -0.25) is 24.2 Å². The Morgan fingerprint density at radius 1 is 0.842 bits per heavy atom. The van der Waals surface area contributed by atoms with Crippen LogP contribution >= 0.6 is 0 Å². The van der Waals surface area contributed by atoms with Crippen molar-refractivity contribution in [1.29, 1.82) is 0 Å². The predicted octanol–water partition coefficient (Wildman–Crippen LogP) is 5.86. The summed E-state index contributed by atoms with van der Waals surface area (Å²) in [5, 5.41) is 12.8. The van der Waals surface area contributed by atoms with Crippen LogP contribution in [0.1, 0.15) is 98.0 Å². The topological polar surface area (TPSA) is 114 Å². The molecule has 4 aliphatic heterocycles. The van der Waals surface area contributed by atoms with E-state index in [2.05, 4.69) is 80.7 Å². The molecule has 3 atom stereocenters. The lowest BCUT2D eigenvalue weighted by Gasteiger charge is -2.45. The van der Waals surface area contributed by atoms with Crippen LogP contribution in [0.4, 0.5) is 5.69 Å². The van der Waals surface area contributed by atoms with Crippen LogP contribution in [0.2, 0.25) is 0 Å². The van der Waals surface area contributed by atoms with Crippen molar-refractivity contribution < 1.29 is 24.3 Å². The highest BCUT2D eigenvalue weighted by Gasteiger charge is 2.44. The van der Waals surface area contributed by atoms with Gasteiger partial charge in [-0.1, -0.05) is 48.5 Å². The molecule has 1 aliphatic carbocycles. The van der Waals surface area contributed by atoms with E-state index in [1.807, 2.05) is 24.3 Å². The van der Waals surface area contributed by atoms with Crippen LogP contribution in [-0.4, -0.2) is 95.7 Å². The van der Waals surface area contributed by atoms with Gasteiger partial charge in [0.15, 0.2) is 0 Å². The fraction of sp³-hybridized carbons (Fsp3) is 0.404. The number of carbonyl (C=O) groups excluding carboxylic acids is 4. The number of aryl methyl sites for hydroxylation is 1. The molecule has 4 aromatic rings. The molecule has 9 rings (SSSR count). The smallest absolute Gasteiger partial charge is 0.262 e. The number of likely N-dealkylation sites (N-methyl/N-ethyl adjacent to an activating group) is 1. The molecule has 10 heteroatoms. The first-order valence-electron chi connectivity index (χ1n) is 20.7. The normalized spacial score (nSPS) is 21.8. The maximum absolute atomic E-state index is 13.5. The number of aldehydes is 1. The van der Waals surface area contributed by atoms with Gasteiger partial charge in [-0.15, -0.1) is 0 Å². The lowest BCUT2D eigenvalue weighted by molar-refractivity contribution is -0.124. The third kappa shape index (κ3) is 7.03. The first-order valence-corrected chi connectivity index (χ1v) is 20.7. The number of phenols is 1. The molecule has 2 saturated heterocycles. The van der Waals surface area contributed by atoms with Crippen molar-refractivity contribution in [2.75, 3.05) is 44.7 Å². The van der Waals surface area contributed by atoms with Crippen molar-refractivity contribution in [3.8, 4) is 5.75 Å². The van der Waals surface area contributed by atoms with Gasteiger partial charge in [0.1, 0.15) is 18.1 Å². The van der Waals surface area contributed by atoms with Crippen LogP contribution in [0.5, 0.6) is 5.75 Å². The number of carbonyl (C=O) groups is 4. The Kier molecular flexibility index (Phi) is 10.2. The van der Waals surface area contributed by atoms with E-state index in [9.17, 15) is 24.3 Å². The number of likely N-dealkylation sites (tertiary alicyclic amines) is 1. The Bertz CT molecular complexity index is 2130. The number of benzene rings is 4. The van der Waals surface area contributed by atoms with E-state index in [-0.39, 0.29) is 18.8 Å². The number of imide groups is 1. The van der Waals surface area contributed by atoms with Gasteiger partial charge in [0, 0.05) is 69.8 Å². The first kappa shape index (κ1) is 37.3. The van der Waals surface area contributed by atoms with Gasteiger partial charge in [-0.25, -0.2) is 0 Å². The molecule has 2 N–H and O–H groups in total. The monoisotopic (exact) mass is 765 g/mol. The zero-order valence-corrected chi connectivity index (χ0v) is 32.6. The summed E-state index contributed by atoms with van der Waals surface area (Å²) in [5.74, 6) is 0.280. The maximum atomic E-state index is 13.5. The summed E-state index contributed by atoms with van der Waals surface area (Å²) in [7, 11) is 1.47. The zero-order valence-electron chi connectivity index (χ0n) is 32.6. The molecule has 4 aromatic carbocycles. The summed E-state index contributed by atoms with van der Waals surface area (Å²) in [4.78, 5) is 59.2. The minimum absolute atomic E-state index is 0.0885. The average Bonchev–Trinajstić information content (AvgIpc) is 3.75. The number of hydrogen-bond donors (Lipinski definition) is 2. The highest BCUT2D eigenvalue weighted by Crippen LogP contribution is 2.47. The molecule has 5 aliphatic rings. The molecule has 0 radical (unpaired) electrons. The Morgan fingerprint density at radius 2 is 1.53 bits per heavy atom. The largest absolute Gasteiger partial charge is 0.508 e. The molecule has 3 unspecified atom stereocenters. The van der Waals surface area contributed by atoms with Crippen molar-refractivity contribution in [3.05, 3.63) is 129 Å². The summed E-state index contributed by atoms with van der Waals surface area (Å²) in [5.41, 5.74) is 9.43. The van der Waals surface area contributed by atoms with E-state index in [1.54, 1.807) is 0 Å². The van der Waals surface area contributed by atoms with Crippen LogP contribution in [-0.2, 0) is 29.1 Å². The maximum Gasteiger partial charge on any atom is 0.262 e.